The Morgan fingerprint density at radius 1 is 1.41 bits per heavy atom. The molecule has 0 saturated heterocycles. The zero-order valence-electron chi connectivity index (χ0n) is 13.1. The largest absolute Gasteiger partial charge is 0.358 e. The van der Waals surface area contributed by atoms with Gasteiger partial charge in [0.2, 0.25) is 5.91 Å². The molecule has 0 spiro atoms. The van der Waals surface area contributed by atoms with Gasteiger partial charge in [-0.25, -0.2) is 4.98 Å². The van der Waals surface area contributed by atoms with Gasteiger partial charge in [-0.15, -0.1) is 17.9 Å². The van der Waals surface area contributed by atoms with Gasteiger partial charge in [0.15, 0.2) is 5.13 Å². The summed E-state index contributed by atoms with van der Waals surface area (Å²) in [7, 11) is 0. The van der Waals surface area contributed by atoms with Gasteiger partial charge in [-0.3, -0.25) is 4.79 Å². The SMILES string of the molecule is C=CCNc1nc(-c2cccc(NC(=O)C(C)(C)C)c2)cs1. The number of hydrogen-bond donors (Lipinski definition) is 2. The molecule has 0 saturated carbocycles. The van der Waals surface area contributed by atoms with Crippen molar-refractivity contribution in [3.8, 4) is 11.3 Å². The van der Waals surface area contributed by atoms with Gasteiger partial charge >= 0.3 is 0 Å². The highest BCUT2D eigenvalue weighted by Gasteiger charge is 2.21. The second-order valence-corrected chi connectivity index (χ2v) is 6.85. The first-order valence-electron chi connectivity index (χ1n) is 7.12. The maximum Gasteiger partial charge on any atom is 0.229 e. The van der Waals surface area contributed by atoms with Gasteiger partial charge in [-0.05, 0) is 12.1 Å². The number of carbonyl (C=O) groups excluding carboxylic acids is 1. The molecule has 0 aliphatic rings. The molecule has 0 aliphatic carbocycles. The summed E-state index contributed by atoms with van der Waals surface area (Å²) in [4.78, 5) is 16.6. The predicted octanol–water partition coefficient (Wildman–Crippen LogP) is 4.39. The summed E-state index contributed by atoms with van der Waals surface area (Å²) in [5, 5.41) is 8.97. The Bertz CT molecular complexity index is 671. The molecule has 0 bridgehead atoms. The molecule has 2 N–H and O–H groups in total. The molecule has 1 aromatic heterocycles. The van der Waals surface area contributed by atoms with E-state index in [9.17, 15) is 4.79 Å². The topological polar surface area (TPSA) is 54.0 Å². The Kier molecular flexibility index (Phi) is 4.98. The van der Waals surface area contributed by atoms with Crippen LogP contribution in [0.2, 0.25) is 0 Å². The molecular weight excluding hydrogens is 294 g/mol. The van der Waals surface area contributed by atoms with Crippen molar-refractivity contribution in [2.45, 2.75) is 20.8 Å². The van der Waals surface area contributed by atoms with E-state index in [0.29, 0.717) is 6.54 Å². The van der Waals surface area contributed by atoms with E-state index < -0.39 is 5.41 Å². The standard InChI is InChI=1S/C17H21N3OS/c1-5-9-18-16-20-14(11-22-16)12-7-6-8-13(10-12)19-15(21)17(2,3)4/h5-8,10-11H,1,9H2,2-4H3,(H,18,20)(H,19,21). The average Bonchev–Trinajstić information content (AvgIpc) is 2.93. The average molecular weight is 315 g/mol. The van der Waals surface area contributed by atoms with Crippen LogP contribution < -0.4 is 10.6 Å². The van der Waals surface area contributed by atoms with Crippen LogP contribution in [0.1, 0.15) is 20.8 Å². The molecule has 1 heterocycles. The second kappa shape index (κ2) is 6.75. The zero-order chi connectivity index (χ0) is 16.2. The van der Waals surface area contributed by atoms with E-state index in [1.54, 1.807) is 17.4 Å². The molecule has 1 amide bonds. The normalized spacial score (nSPS) is 11.0. The third kappa shape index (κ3) is 4.18. The van der Waals surface area contributed by atoms with Crippen molar-refractivity contribution in [2.24, 2.45) is 5.41 Å². The first-order valence-corrected chi connectivity index (χ1v) is 8.00. The fraction of sp³-hybridized carbons (Fsp3) is 0.294. The number of carbonyl (C=O) groups is 1. The molecule has 2 aromatic rings. The maximum atomic E-state index is 12.1. The predicted molar refractivity (Wildman–Crippen MR) is 94.3 cm³/mol. The van der Waals surface area contributed by atoms with E-state index in [2.05, 4.69) is 22.2 Å². The van der Waals surface area contributed by atoms with Crippen molar-refractivity contribution >= 4 is 28.1 Å². The van der Waals surface area contributed by atoms with E-state index >= 15 is 0 Å². The highest BCUT2D eigenvalue weighted by atomic mass is 32.1. The summed E-state index contributed by atoms with van der Waals surface area (Å²) in [6.07, 6.45) is 1.80. The Labute approximate surface area is 135 Å². The Morgan fingerprint density at radius 2 is 2.18 bits per heavy atom. The van der Waals surface area contributed by atoms with Crippen LogP contribution in [0, 0.1) is 5.41 Å². The minimum Gasteiger partial charge on any atom is -0.358 e. The number of hydrogen-bond acceptors (Lipinski definition) is 4. The van der Waals surface area contributed by atoms with E-state index in [1.165, 1.54) is 0 Å². The van der Waals surface area contributed by atoms with Gasteiger partial charge in [-0.1, -0.05) is 39.0 Å². The van der Waals surface area contributed by atoms with E-state index in [-0.39, 0.29) is 5.91 Å². The molecule has 22 heavy (non-hydrogen) atoms. The van der Waals surface area contributed by atoms with Crippen LogP contribution in [0.15, 0.2) is 42.3 Å². The molecule has 116 valence electrons. The minimum atomic E-state index is -0.418. The van der Waals surface area contributed by atoms with Crippen LogP contribution in [0.5, 0.6) is 0 Å². The van der Waals surface area contributed by atoms with Gasteiger partial charge in [0, 0.05) is 28.6 Å². The number of aromatic nitrogens is 1. The lowest BCUT2D eigenvalue weighted by Crippen LogP contribution is -2.27. The lowest BCUT2D eigenvalue weighted by Gasteiger charge is -2.17. The second-order valence-electron chi connectivity index (χ2n) is 5.99. The van der Waals surface area contributed by atoms with Crippen LogP contribution in [-0.2, 0) is 4.79 Å². The molecule has 2 rings (SSSR count). The van der Waals surface area contributed by atoms with Crippen LogP contribution >= 0.6 is 11.3 Å². The molecular formula is C17H21N3OS. The summed E-state index contributed by atoms with van der Waals surface area (Å²) in [5.74, 6) is -0.00346. The molecule has 1 aromatic carbocycles. The fourth-order valence-corrected chi connectivity index (χ4v) is 2.45. The molecule has 5 heteroatoms. The number of thiazole rings is 1. The minimum absolute atomic E-state index is 0.00346. The Morgan fingerprint density at radius 3 is 2.86 bits per heavy atom. The van der Waals surface area contributed by atoms with Gasteiger partial charge in [0.05, 0.1) is 5.69 Å². The van der Waals surface area contributed by atoms with Crippen LogP contribution in [0.25, 0.3) is 11.3 Å². The smallest absolute Gasteiger partial charge is 0.229 e. The number of rotatable bonds is 5. The van der Waals surface area contributed by atoms with Gasteiger partial charge < -0.3 is 10.6 Å². The van der Waals surface area contributed by atoms with Crippen molar-refractivity contribution in [2.75, 3.05) is 17.2 Å². The molecule has 0 aliphatic heterocycles. The number of benzene rings is 1. The lowest BCUT2D eigenvalue weighted by atomic mass is 9.95. The number of nitrogens with zero attached hydrogens (tertiary/aromatic N) is 1. The van der Waals surface area contributed by atoms with Crippen LogP contribution in [0.4, 0.5) is 10.8 Å². The fourth-order valence-electron chi connectivity index (χ4n) is 1.72. The van der Waals surface area contributed by atoms with Crippen molar-refractivity contribution in [3.05, 3.63) is 42.3 Å². The monoisotopic (exact) mass is 315 g/mol. The van der Waals surface area contributed by atoms with E-state index in [1.807, 2.05) is 50.4 Å². The first kappa shape index (κ1) is 16.2. The Balaban J connectivity index is 2.16. The summed E-state index contributed by atoms with van der Waals surface area (Å²) >= 11 is 1.55. The van der Waals surface area contributed by atoms with E-state index in [4.69, 9.17) is 0 Å². The Hall–Kier alpha value is -2.14. The summed E-state index contributed by atoms with van der Waals surface area (Å²) in [5.41, 5.74) is 2.24. The molecule has 4 nitrogen and oxygen atoms in total. The molecule has 0 fully saturated rings. The van der Waals surface area contributed by atoms with Crippen molar-refractivity contribution in [3.63, 3.8) is 0 Å². The quantitative estimate of drug-likeness (QED) is 0.804. The van der Waals surface area contributed by atoms with Crippen LogP contribution in [0.3, 0.4) is 0 Å². The highest BCUT2D eigenvalue weighted by molar-refractivity contribution is 7.14. The molecule has 0 radical (unpaired) electrons. The van der Waals surface area contributed by atoms with Crippen LogP contribution in [-0.4, -0.2) is 17.4 Å². The van der Waals surface area contributed by atoms with E-state index in [0.717, 1.165) is 22.1 Å². The first-order chi connectivity index (χ1) is 10.4. The van der Waals surface area contributed by atoms with Crippen molar-refractivity contribution in [1.82, 2.24) is 4.98 Å². The van der Waals surface area contributed by atoms with Crippen molar-refractivity contribution in [1.29, 1.82) is 0 Å². The third-order valence-electron chi connectivity index (χ3n) is 3.00. The number of anilines is 2. The summed E-state index contributed by atoms with van der Waals surface area (Å²) in [6.45, 7) is 10.0. The summed E-state index contributed by atoms with van der Waals surface area (Å²) in [6, 6.07) is 7.73. The summed E-state index contributed by atoms with van der Waals surface area (Å²) < 4.78 is 0. The van der Waals surface area contributed by atoms with Gasteiger partial charge in [0.1, 0.15) is 0 Å². The maximum absolute atomic E-state index is 12.1. The molecule has 0 atom stereocenters. The lowest BCUT2D eigenvalue weighted by molar-refractivity contribution is -0.123. The number of nitrogens with one attached hydrogen (secondary N) is 2. The van der Waals surface area contributed by atoms with Gasteiger partial charge in [0.25, 0.3) is 0 Å². The highest BCUT2D eigenvalue weighted by Crippen LogP contribution is 2.27. The third-order valence-corrected chi connectivity index (χ3v) is 3.80. The number of amides is 1. The molecule has 0 unspecified atom stereocenters. The van der Waals surface area contributed by atoms with Gasteiger partial charge in [-0.2, -0.15) is 0 Å². The van der Waals surface area contributed by atoms with Crippen molar-refractivity contribution < 1.29 is 4.79 Å². The zero-order valence-corrected chi connectivity index (χ0v) is 14.0.